The van der Waals surface area contributed by atoms with Crippen LogP contribution >= 0.6 is 11.3 Å². The average molecular weight is 276 g/mol. The summed E-state index contributed by atoms with van der Waals surface area (Å²) < 4.78 is 5.04. The van der Waals surface area contributed by atoms with Crippen LogP contribution < -0.4 is 4.74 Å². The Hall–Kier alpha value is -1.46. The highest BCUT2D eigenvalue weighted by atomic mass is 32.1. The molecule has 100 valence electrons. The summed E-state index contributed by atoms with van der Waals surface area (Å²) in [6.45, 7) is 0. The largest absolute Gasteiger partial charge is 0.481 e. The van der Waals surface area contributed by atoms with Crippen molar-refractivity contribution >= 4 is 11.3 Å². The molecule has 0 fully saturated rings. The van der Waals surface area contributed by atoms with Crippen molar-refractivity contribution in [2.45, 2.75) is 31.8 Å². The topological polar surface area (TPSA) is 55.2 Å². The molecule has 1 N–H and O–H groups in total. The van der Waals surface area contributed by atoms with Gasteiger partial charge in [-0.05, 0) is 24.8 Å². The smallest absolute Gasteiger partial charge is 0.212 e. The Bertz CT molecular complexity index is 565. The van der Waals surface area contributed by atoms with Crippen LogP contribution in [-0.4, -0.2) is 22.2 Å². The zero-order valence-corrected chi connectivity index (χ0v) is 11.6. The molecule has 5 heteroatoms. The number of aliphatic hydroxyl groups is 1. The second kappa shape index (κ2) is 5.27. The highest BCUT2D eigenvalue weighted by Gasteiger charge is 2.22. The van der Waals surface area contributed by atoms with Crippen LogP contribution in [0, 0.1) is 0 Å². The molecular weight excluding hydrogens is 260 g/mol. The summed E-state index contributed by atoms with van der Waals surface area (Å²) in [7, 11) is 1.61. The normalized spacial score (nSPS) is 18.1. The first-order chi connectivity index (χ1) is 9.26. The van der Waals surface area contributed by atoms with Crippen molar-refractivity contribution in [2.75, 3.05) is 7.11 Å². The molecule has 0 saturated carbocycles. The molecule has 1 unspecified atom stereocenters. The van der Waals surface area contributed by atoms with Gasteiger partial charge in [0, 0.05) is 23.6 Å². The maximum atomic E-state index is 9.92. The summed E-state index contributed by atoms with van der Waals surface area (Å²) in [6, 6.07) is 3.86. The molecule has 2 heterocycles. The highest BCUT2D eigenvalue weighted by molar-refractivity contribution is 7.11. The Kier molecular flexibility index (Phi) is 3.48. The fourth-order valence-corrected chi connectivity index (χ4v) is 3.53. The molecule has 2 aromatic heterocycles. The van der Waals surface area contributed by atoms with Crippen LogP contribution in [0.3, 0.4) is 0 Å². The van der Waals surface area contributed by atoms with Gasteiger partial charge >= 0.3 is 0 Å². The molecule has 4 nitrogen and oxygen atoms in total. The van der Waals surface area contributed by atoms with Crippen molar-refractivity contribution in [1.82, 2.24) is 9.97 Å². The van der Waals surface area contributed by atoms with E-state index in [1.54, 1.807) is 18.4 Å². The van der Waals surface area contributed by atoms with Crippen molar-refractivity contribution in [3.8, 4) is 5.88 Å². The Morgan fingerprint density at radius 1 is 1.47 bits per heavy atom. The van der Waals surface area contributed by atoms with Gasteiger partial charge in [-0.3, -0.25) is 0 Å². The van der Waals surface area contributed by atoms with Gasteiger partial charge in [-0.25, -0.2) is 9.97 Å². The van der Waals surface area contributed by atoms with Gasteiger partial charge in [-0.15, -0.1) is 11.3 Å². The number of hydrogen-bond acceptors (Lipinski definition) is 5. The lowest BCUT2D eigenvalue weighted by Gasteiger charge is -2.14. The van der Waals surface area contributed by atoms with Gasteiger partial charge in [0.2, 0.25) is 5.88 Å². The van der Waals surface area contributed by atoms with Crippen molar-refractivity contribution in [1.29, 1.82) is 0 Å². The summed E-state index contributed by atoms with van der Waals surface area (Å²) in [5, 5.41) is 11.0. The lowest BCUT2D eigenvalue weighted by molar-refractivity contribution is 0.153. The molecule has 2 aromatic rings. The third-order valence-electron chi connectivity index (χ3n) is 3.33. The molecule has 1 aliphatic rings. The summed E-state index contributed by atoms with van der Waals surface area (Å²) in [5.74, 6) is 0.623. The molecule has 0 aliphatic heterocycles. The third-order valence-corrected chi connectivity index (χ3v) is 4.46. The van der Waals surface area contributed by atoms with Crippen LogP contribution in [0.5, 0.6) is 5.88 Å². The van der Waals surface area contributed by atoms with Gasteiger partial charge in [0.1, 0.15) is 0 Å². The van der Waals surface area contributed by atoms with E-state index in [0.717, 1.165) is 41.9 Å². The van der Waals surface area contributed by atoms with Gasteiger partial charge < -0.3 is 9.84 Å². The number of fused-ring (bicyclic) bond motifs is 1. The number of methoxy groups -OCH3 is 1. The number of aryl methyl sites for hydroxylation is 1. The van der Waals surface area contributed by atoms with Gasteiger partial charge in [-0.2, -0.15) is 0 Å². The molecule has 0 spiro atoms. The van der Waals surface area contributed by atoms with Gasteiger partial charge in [0.15, 0.2) is 0 Å². The molecular formula is C14H16N2O2S. The Labute approximate surface area is 116 Å². The lowest BCUT2D eigenvalue weighted by Crippen LogP contribution is -2.07. The fraction of sp³-hybridized carbons (Fsp3) is 0.429. The SMILES string of the molecule is COc1ccc(Cc2nc3c(s2)CCCC3O)cn1. The van der Waals surface area contributed by atoms with E-state index in [2.05, 4.69) is 9.97 Å². The van der Waals surface area contributed by atoms with E-state index < -0.39 is 0 Å². The van der Waals surface area contributed by atoms with Crippen LogP contribution in [0.1, 0.15) is 40.1 Å². The summed E-state index contributed by atoms with van der Waals surface area (Å²) >= 11 is 1.71. The quantitative estimate of drug-likeness (QED) is 0.936. The van der Waals surface area contributed by atoms with Crippen molar-refractivity contribution in [3.05, 3.63) is 39.5 Å². The van der Waals surface area contributed by atoms with Gasteiger partial charge in [0.05, 0.1) is 23.9 Å². The van der Waals surface area contributed by atoms with E-state index in [-0.39, 0.29) is 6.10 Å². The number of nitrogens with zero attached hydrogens (tertiary/aromatic N) is 2. The van der Waals surface area contributed by atoms with Crippen LogP contribution in [0.15, 0.2) is 18.3 Å². The third kappa shape index (κ3) is 2.62. The predicted molar refractivity (Wildman–Crippen MR) is 73.6 cm³/mol. The molecule has 1 atom stereocenters. The zero-order chi connectivity index (χ0) is 13.2. The number of ether oxygens (including phenoxy) is 1. The summed E-state index contributed by atoms with van der Waals surface area (Å²) in [5.41, 5.74) is 2.01. The van der Waals surface area contributed by atoms with E-state index in [0.29, 0.717) is 5.88 Å². The molecule has 0 amide bonds. The van der Waals surface area contributed by atoms with Gasteiger partial charge in [0.25, 0.3) is 0 Å². The number of aromatic nitrogens is 2. The van der Waals surface area contributed by atoms with Crippen LogP contribution in [0.2, 0.25) is 0 Å². The molecule has 3 rings (SSSR count). The molecule has 1 aliphatic carbocycles. The monoisotopic (exact) mass is 276 g/mol. The predicted octanol–water partition coefficient (Wildman–Crippen LogP) is 2.51. The first kappa shape index (κ1) is 12.6. The number of hydrogen-bond donors (Lipinski definition) is 1. The van der Waals surface area contributed by atoms with Crippen LogP contribution in [0.4, 0.5) is 0 Å². The number of rotatable bonds is 3. The lowest BCUT2D eigenvalue weighted by atomic mass is 10.0. The number of thiazole rings is 1. The molecule has 0 aromatic carbocycles. The Morgan fingerprint density at radius 3 is 3.05 bits per heavy atom. The molecule has 0 radical (unpaired) electrons. The summed E-state index contributed by atoms with van der Waals surface area (Å²) in [4.78, 5) is 10.0. The first-order valence-electron chi connectivity index (χ1n) is 6.41. The minimum Gasteiger partial charge on any atom is -0.481 e. The highest BCUT2D eigenvalue weighted by Crippen LogP contribution is 2.33. The van der Waals surface area contributed by atoms with Gasteiger partial charge in [-0.1, -0.05) is 6.07 Å². The van der Waals surface area contributed by atoms with Crippen LogP contribution in [-0.2, 0) is 12.8 Å². The number of aliphatic hydroxyl groups excluding tert-OH is 1. The van der Waals surface area contributed by atoms with Crippen molar-refractivity contribution < 1.29 is 9.84 Å². The van der Waals surface area contributed by atoms with Crippen molar-refractivity contribution in [2.24, 2.45) is 0 Å². The van der Waals surface area contributed by atoms with E-state index in [4.69, 9.17) is 4.74 Å². The number of pyridine rings is 1. The van der Waals surface area contributed by atoms with Crippen molar-refractivity contribution in [3.63, 3.8) is 0 Å². The second-order valence-electron chi connectivity index (χ2n) is 4.71. The van der Waals surface area contributed by atoms with E-state index in [1.807, 2.05) is 18.3 Å². The Balaban J connectivity index is 1.79. The molecule has 19 heavy (non-hydrogen) atoms. The molecule has 0 saturated heterocycles. The van der Waals surface area contributed by atoms with E-state index >= 15 is 0 Å². The average Bonchev–Trinajstić information content (AvgIpc) is 2.84. The van der Waals surface area contributed by atoms with Crippen LogP contribution in [0.25, 0.3) is 0 Å². The molecule has 0 bridgehead atoms. The minimum atomic E-state index is -0.372. The maximum absolute atomic E-state index is 9.92. The maximum Gasteiger partial charge on any atom is 0.212 e. The minimum absolute atomic E-state index is 0.372. The van der Waals surface area contributed by atoms with E-state index in [9.17, 15) is 5.11 Å². The zero-order valence-electron chi connectivity index (χ0n) is 10.8. The van der Waals surface area contributed by atoms with E-state index in [1.165, 1.54) is 4.88 Å². The standard InChI is InChI=1S/C14H16N2O2S/c1-18-12-6-5-9(8-15-12)7-13-16-14-10(17)3-2-4-11(14)19-13/h5-6,8,10,17H,2-4,7H2,1H3. The second-order valence-corrected chi connectivity index (χ2v) is 5.88. The fourth-order valence-electron chi connectivity index (χ4n) is 2.33. The summed E-state index contributed by atoms with van der Waals surface area (Å²) in [6.07, 6.45) is 5.14. The Morgan fingerprint density at radius 2 is 2.37 bits per heavy atom. The first-order valence-corrected chi connectivity index (χ1v) is 7.23.